The minimum atomic E-state index is 0.445. The van der Waals surface area contributed by atoms with Crippen LogP contribution in [-0.2, 0) is 13.1 Å². The van der Waals surface area contributed by atoms with E-state index in [0.717, 1.165) is 49.7 Å². The predicted molar refractivity (Wildman–Crippen MR) is 120 cm³/mol. The van der Waals surface area contributed by atoms with E-state index in [4.69, 9.17) is 4.74 Å². The van der Waals surface area contributed by atoms with Crippen LogP contribution in [0.15, 0.2) is 53.5 Å². The van der Waals surface area contributed by atoms with Crippen LogP contribution in [0.25, 0.3) is 0 Å². The molecule has 2 unspecified atom stereocenters. The monoisotopic (exact) mass is 394 g/mol. The summed E-state index contributed by atoms with van der Waals surface area (Å²) in [5, 5.41) is 7.06. The third-order valence-corrected chi connectivity index (χ3v) is 5.73. The quantitative estimate of drug-likeness (QED) is 0.579. The first-order valence-electron chi connectivity index (χ1n) is 10.5. The molecule has 0 bridgehead atoms. The highest BCUT2D eigenvalue weighted by molar-refractivity contribution is 5.80. The van der Waals surface area contributed by atoms with E-state index in [2.05, 4.69) is 76.8 Å². The number of guanidine groups is 1. The van der Waals surface area contributed by atoms with Crippen molar-refractivity contribution in [2.45, 2.75) is 51.9 Å². The Morgan fingerprint density at radius 1 is 1.17 bits per heavy atom. The number of methoxy groups -OCH3 is 1. The second-order valence-electron chi connectivity index (χ2n) is 7.90. The lowest BCUT2D eigenvalue weighted by Gasteiger charge is -2.38. The predicted octanol–water partition coefficient (Wildman–Crippen LogP) is 3.72. The summed E-state index contributed by atoms with van der Waals surface area (Å²) in [5.41, 5.74) is 3.75. The van der Waals surface area contributed by atoms with Gasteiger partial charge in [-0.1, -0.05) is 42.5 Å². The maximum Gasteiger partial charge on any atom is 0.191 e. The average Bonchev–Trinajstić information content (AvgIpc) is 2.74. The number of benzene rings is 2. The fourth-order valence-electron chi connectivity index (χ4n) is 4.03. The Hall–Kier alpha value is -2.53. The van der Waals surface area contributed by atoms with Crippen LogP contribution < -0.4 is 15.4 Å². The largest absolute Gasteiger partial charge is 0.496 e. The van der Waals surface area contributed by atoms with E-state index in [1.165, 1.54) is 11.1 Å². The molecule has 0 spiro atoms. The van der Waals surface area contributed by atoms with Gasteiger partial charge in [0, 0.05) is 38.8 Å². The standard InChI is InChI=1S/C24H34N4O/c1-18-14-21(10-11-23(18)29-4)16-26-24(25-3)27-22-12-13-28(19(2)15-22)17-20-8-6-5-7-9-20/h5-11,14,19,22H,12-13,15-17H2,1-4H3,(H2,25,26,27). The van der Waals surface area contributed by atoms with Gasteiger partial charge in [-0.25, -0.2) is 0 Å². The molecule has 1 saturated heterocycles. The molecule has 2 aromatic carbocycles. The molecule has 1 aliphatic heterocycles. The van der Waals surface area contributed by atoms with Crippen LogP contribution in [0.1, 0.15) is 36.5 Å². The zero-order valence-electron chi connectivity index (χ0n) is 18.1. The van der Waals surface area contributed by atoms with Crippen LogP contribution in [0.3, 0.4) is 0 Å². The molecule has 2 atom stereocenters. The smallest absolute Gasteiger partial charge is 0.191 e. The molecule has 0 radical (unpaired) electrons. The van der Waals surface area contributed by atoms with Gasteiger partial charge in [-0.2, -0.15) is 0 Å². The Morgan fingerprint density at radius 2 is 1.97 bits per heavy atom. The number of piperidine rings is 1. The van der Waals surface area contributed by atoms with E-state index in [0.29, 0.717) is 12.1 Å². The van der Waals surface area contributed by atoms with Crippen molar-refractivity contribution < 1.29 is 4.74 Å². The van der Waals surface area contributed by atoms with E-state index in [1.807, 2.05) is 13.1 Å². The number of hydrogen-bond donors (Lipinski definition) is 2. The molecular weight excluding hydrogens is 360 g/mol. The first-order chi connectivity index (χ1) is 14.1. The van der Waals surface area contributed by atoms with Gasteiger partial charge in [-0.3, -0.25) is 9.89 Å². The van der Waals surface area contributed by atoms with E-state index in [1.54, 1.807) is 7.11 Å². The van der Waals surface area contributed by atoms with Gasteiger partial charge in [0.2, 0.25) is 0 Å². The molecule has 2 aromatic rings. The molecule has 5 heteroatoms. The van der Waals surface area contributed by atoms with Gasteiger partial charge in [-0.05, 0) is 49.4 Å². The zero-order chi connectivity index (χ0) is 20.6. The number of likely N-dealkylation sites (tertiary alicyclic amines) is 1. The summed E-state index contributed by atoms with van der Waals surface area (Å²) in [6, 6.07) is 18.0. The Labute approximate surface area is 175 Å². The van der Waals surface area contributed by atoms with Crippen molar-refractivity contribution in [2.24, 2.45) is 4.99 Å². The Balaban J connectivity index is 1.48. The zero-order valence-corrected chi connectivity index (χ0v) is 18.1. The van der Waals surface area contributed by atoms with Crippen molar-refractivity contribution in [1.82, 2.24) is 15.5 Å². The number of rotatable bonds is 6. The Bertz CT molecular complexity index is 806. The number of nitrogens with zero attached hydrogens (tertiary/aromatic N) is 2. The highest BCUT2D eigenvalue weighted by Gasteiger charge is 2.25. The summed E-state index contributed by atoms with van der Waals surface area (Å²) in [4.78, 5) is 6.99. The van der Waals surface area contributed by atoms with Gasteiger partial charge < -0.3 is 15.4 Å². The number of aliphatic imine (C=N–C) groups is 1. The third-order valence-electron chi connectivity index (χ3n) is 5.73. The molecule has 0 aliphatic carbocycles. The first kappa shape index (κ1) is 21.2. The van der Waals surface area contributed by atoms with Gasteiger partial charge in [-0.15, -0.1) is 0 Å². The van der Waals surface area contributed by atoms with Crippen LogP contribution >= 0.6 is 0 Å². The molecule has 1 fully saturated rings. The van der Waals surface area contributed by atoms with Crippen molar-refractivity contribution in [3.63, 3.8) is 0 Å². The summed E-state index contributed by atoms with van der Waals surface area (Å²) in [5.74, 6) is 1.79. The summed E-state index contributed by atoms with van der Waals surface area (Å²) in [7, 11) is 3.54. The van der Waals surface area contributed by atoms with Crippen LogP contribution in [-0.4, -0.2) is 43.6 Å². The molecule has 2 N–H and O–H groups in total. The van der Waals surface area contributed by atoms with E-state index in [-0.39, 0.29) is 0 Å². The van der Waals surface area contributed by atoms with Crippen LogP contribution in [0, 0.1) is 6.92 Å². The lowest BCUT2D eigenvalue weighted by Crippen LogP contribution is -2.51. The van der Waals surface area contributed by atoms with Crippen LogP contribution in [0.4, 0.5) is 0 Å². The molecule has 0 aromatic heterocycles. The first-order valence-corrected chi connectivity index (χ1v) is 10.5. The summed E-state index contributed by atoms with van der Waals surface area (Å²) in [6.07, 6.45) is 2.24. The normalized spacial score (nSPS) is 20.3. The van der Waals surface area contributed by atoms with Gasteiger partial charge in [0.05, 0.1) is 7.11 Å². The van der Waals surface area contributed by atoms with E-state index >= 15 is 0 Å². The van der Waals surface area contributed by atoms with Crippen molar-refractivity contribution >= 4 is 5.96 Å². The maximum atomic E-state index is 5.34. The van der Waals surface area contributed by atoms with Gasteiger partial charge in [0.15, 0.2) is 5.96 Å². The molecule has 1 heterocycles. The average molecular weight is 395 g/mol. The van der Waals surface area contributed by atoms with Gasteiger partial charge >= 0.3 is 0 Å². The minimum Gasteiger partial charge on any atom is -0.496 e. The van der Waals surface area contributed by atoms with Crippen LogP contribution in [0.5, 0.6) is 5.75 Å². The molecule has 29 heavy (non-hydrogen) atoms. The number of aryl methyl sites for hydroxylation is 1. The molecule has 3 rings (SSSR count). The fraction of sp³-hybridized carbons (Fsp3) is 0.458. The summed E-state index contributed by atoms with van der Waals surface area (Å²) in [6.45, 7) is 7.26. The van der Waals surface area contributed by atoms with Crippen molar-refractivity contribution in [1.29, 1.82) is 0 Å². The van der Waals surface area contributed by atoms with Gasteiger partial charge in [0.1, 0.15) is 5.75 Å². The number of nitrogens with one attached hydrogen (secondary N) is 2. The third kappa shape index (κ3) is 5.97. The summed E-state index contributed by atoms with van der Waals surface area (Å²) < 4.78 is 5.34. The second-order valence-corrected chi connectivity index (χ2v) is 7.90. The minimum absolute atomic E-state index is 0.445. The lowest BCUT2D eigenvalue weighted by atomic mass is 9.97. The van der Waals surface area contributed by atoms with Crippen molar-refractivity contribution in [3.8, 4) is 5.75 Å². The highest BCUT2D eigenvalue weighted by atomic mass is 16.5. The molecular formula is C24H34N4O. The maximum absolute atomic E-state index is 5.34. The second kappa shape index (κ2) is 10.3. The lowest BCUT2D eigenvalue weighted by molar-refractivity contribution is 0.134. The van der Waals surface area contributed by atoms with Crippen LogP contribution in [0.2, 0.25) is 0 Å². The van der Waals surface area contributed by atoms with Gasteiger partial charge in [0.25, 0.3) is 0 Å². The van der Waals surface area contributed by atoms with E-state index in [9.17, 15) is 0 Å². The van der Waals surface area contributed by atoms with E-state index < -0.39 is 0 Å². The molecule has 0 saturated carbocycles. The molecule has 0 amide bonds. The molecule has 1 aliphatic rings. The Kier molecular flexibility index (Phi) is 7.53. The topological polar surface area (TPSA) is 48.9 Å². The SMILES string of the molecule is CN=C(NCc1ccc(OC)c(C)c1)NC1CCN(Cc2ccccc2)C(C)C1. The van der Waals surface area contributed by atoms with Crippen molar-refractivity contribution in [3.05, 3.63) is 65.2 Å². The summed E-state index contributed by atoms with van der Waals surface area (Å²) >= 11 is 0. The fourth-order valence-corrected chi connectivity index (χ4v) is 4.03. The highest BCUT2D eigenvalue weighted by Crippen LogP contribution is 2.20. The number of ether oxygens (including phenoxy) is 1. The molecule has 156 valence electrons. The Morgan fingerprint density at radius 3 is 2.62 bits per heavy atom. The molecule has 5 nitrogen and oxygen atoms in total. The number of hydrogen-bond acceptors (Lipinski definition) is 3. The van der Waals surface area contributed by atoms with Crippen molar-refractivity contribution in [2.75, 3.05) is 20.7 Å².